The van der Waals surface area contributed by atoms with E-state index >= 15 is 0 Å². The topological polar surface area (TPSA) is 64.6 Å². The summed E-state index contributed by atoms with van der Waals surface area (Å²) in [5.41, 5.74) is 0.978. The molecule has 0 radical (unpaired) electrons. The molecule has 2 rings (SSSR count). The minimum absolute atomic E-state index is 0.145. The highest BCUT2D eigenvalue weighted by Crippen LogP contribution is 2.13. The zero-order valence-electron chi connectivity index (χ0n) is 11.5. The molecule has 5 nitrogen and oxygen atoms in total. The fourth-order valence-corrected chi connectivity index (χ4v) is 2.22. The summed E-state index contributed by atoms with van der Waals surface area (Å²) >= 11 is 0. The summed E-state index contributed by atoms with van der Waals surface area (Å²) in [6, 6.07) is 8.88. The van der Waals surface area contributed by atoms with Crippen LogP contribution in [-0.2, 0) is 25.5 Å². The van der Waals surface area contributed by atoms with Gasteiger partial charge in [0, 0.05) is 13.0 Å². The Morgan fingerprint density at radius 3 is 2.75 bits per heavy atom. The van der Waals surface area contributed by atoms with Gasteiger partial charge in [0.2, 0.25) is 5.91 Å². The lowest BCUT2D eigenvalue weighted by molar-refractivity contribution is -0.145. The third-order valence-electron chi connectivity index (χ3n) is 3.39. The third kappa shape index (κ3) is 3.81. The number of rotatable bonds is 5. The first kappa shape index (κ1) is 14.5. The van der Waals surface area contributed by atoms with Crippen LogP contribution in [0.2, 0.25) is 0 Å². The fraction of sp³-hybridized carbons (Fsp3) is 0.467. The molecular formula is C15H19NO4. The second-order valence-electron chi connectivity index (χ2n) is 4.83. The maximum Gasteiger partial charge on any atom is 0.328 e. The van der Waals surface area contributed by atoms with Gasteiger partial charge in [0.15, 0.2) is 0 Å². The predicted molar refractivity (Wildman–Crippen MR) is 73.0 cm³/mol. The van der Waals surface area contributed by atoms with E-state index in [1.807, 2.05) is 30.3 Å². The van der Waals surface area contributed by atoms with Crippen molar-refractivity contribution < 1.29 is 19.1 Å². The molecule has 0 aliphatic carbocycles. The molecule has 108 valence electrons. The second kappa shape index (κ2) is 7.05. The number of ether oxygens (including phenoxy) is 2. The lowest BCUT2D eigenvalue weighted by Gasteiger charge is -2.18. The van der Waals surface area contributed by atoms with Crippen molar-refractivity contribution in [2.24, 2.45) is 5.92 Å². The summed E-state index contributed by atoms with van der Waals surface area (Å²) in [7, 11) is 1.32. The molecule has 20 heavy (non-hydrogen) atoms. The number of carbonyl (C=O) groups excluding carboxylic acids is 2. The van der Waals surface area contributed by atoms with E-state index in [9.17, 15) is 9.59 Å². The van der Waals surface area contributed by atoms with Crippen molar-refractivity contribution in [1.29, 1.82) is 0 Å². The Bertz CT molecular complexity index is 454. The quantitative estimate of drug-likeness (QED) is 0.813. The highest BCUT2D eigenvalue weighted by atomic mass is 16.5. The third-order valence-corrected chi connectivity index (χ3v) is 3.39. The molecule has 1 aromatic carbocycles. The standard InChI is InChI=1S/C15H19NO4/c1-19-15(18)13(9-11-5-3-2-4-6-11)16-14(17)12-7-8-20-10-12/h2-6,12-13H,7-10H2,1H3,(H,16,17)/t12-,13+/m1/s1. The Kier molecular flexibility index (Phi) is 5.12. The molecule has 1 heterocycles. The van der Waals surface area contributed by atoms with Crippen molar-refractivity contribution in [3.63, 3.8) is 0 Å². The van der Waals surface area contributed by atoms with E-state index in [-0.39, 0.29) is 11.8 Å². The van der Waals surface area contributed by atoms with Crippen molar-refractivity contribution >= 4 is 11.9 Å². The van der Waals surface area contributed by atoms with E-state index in [0.29, 0.717) is 26.1 Å². The van der Waals surface area contributed by atoms with Crippen molar-refractivity contribution in [1.82, 2.24) is 5.32 Å². The first-order chi connectivity index (χ1) is 9.70. The van der Waals surface area contributed by atoms with Gasteiger partial charge in [-0.2, -0.15) is 0 Å². The minimum atomic E-state index is -0.657. The van der Waals surface area contributed by atoms with Crippen LogP contribution in [0.4, 0.5) is 0 Å². The molecule has 0 saturated carbocycles. The molecule has 2 atom stereocenters. The van der Waals surface area contributed by atoms with Crippen LogP contribution in [0.3, 0.4) is 0 Å². The molecule has 1 amide bonds. The largest absolute Gasteiger partial charge is 0.467 e. The van der Waals surface area contributed by atoms with Gasteiger partial charge < -0.3 is 14.8 Å². The van der Waals surface area contributed by atoms with E-state index in [0.717, 1.165) is 5.56 Å². The monoisotopic (exact) mass is 277 g/mol. The van der Waals surface area contributed by atoms with E-state index in [2.05, 4.69) is 5.32 Å². The highest BCUT2D eigenvalue weighted by Gasteiger charge is 2.28. The van der Waals surface area contributed by atoms with E-state index < -0.39 is 12.0 Å². The molecule has 1 N–H and O–H groups in total. The van der Waals surface area contributed by atoms with Crippen LogP contribution in [-0.4, -0.2) is 38.2 Å². The molecule has 1 aliphatic rings. The van der Waals surface area contributed by atoms with Crippen molar-refractivity contribution in [3.8, 4) is 0 Å². The van der Waals surface area contributed by atoms with Crippen LogP contribution in [0.1, 0.15) is 12.0 Å². The lowest BCUT2D eigenvalue weighted by Crippen LogP contribution is -2.45. The van der Waals surface area contributed by atoms with Gasteiger partial charge in [0.1, 0.15) is 6.04 Å². The number of benzene rings is 1. The summed E-state index contributed by atoms with van der Waals surface area (Å²) in [5.74, 6) is -0.743. The van der Waals surface area contributed by atoms with Gasteiger partial charge in [-0.15, -0.1) is 0 Å². The van der Waals surface area contributed by atoms with Crippen molar-refractivity contribution in [3.05, 3.63) is 35.9 Å². The smallest absolute Gasteiger partial charge is 0.328 e. The Hall–Kier alpha value is -1.88. The molecule has 5 heteroatoms. The van der Waals surface area contributed by atoms with Gasteiger partial charge in [-0.05, 0) is 12.0 Å². The zero-order valence-corrected chi connectivity index (χ0v) is 11.5. The van der Waals surface area contributed by atoms with Gasteiger partial charge in [-0.3, -0.25) is 4.79 Å². The summed E-state index contributed by atoms with van der Waals surface area (Å²) in [5, 5.41) is 2.76. The number of hydrogen-bond donors (Lipinski definition) is 1. The van der Waals surface area contributed by atoms with E-state index in [4.69, 9.17) is 9.47 Å². The van der Waals surface area contributed by atoms with E-state index in [1.54, 1.807) is 0 Å². The molecule has 1 aliphatic heterocycles. The molecule has 0 bridgehead atoms. The van der Waals surface area contributed by atoms with Gasteiger partial charge in [0.05, 0.1) is 19.6 Å². The molecule has 0 unspecified atom stereocenters. The maximum atomic E-state index is 12.1. The van der Waals surface area contributed by atoms with Crippen LogP contribution < -0.4 is 5.32 Å². The number of nitrogens with one attached hydrogen (secondary N) is 1. The normalized spacial score (nSPS) is 19.4. The Labute approximate surface area is 118 Å². The van der Waals surface area contributed by atoms with Gasteiger partial charge in [0.25, 0.3) is 0 Å². The predicted octanol–water partition coefficient (Wildman–Crippen LogP) is 0.923. The van der Waals surface area contributed by atoms with Crippen LogP contribution >= 0.6 is 0 Å². The van der Waals surface area contributed by atoms with Gasteiger partial charge in [-0.25, -0.2) is 4.79 Å². The number of carbonyl (C=O) groups is 2. The summed E-state index contributed by atoms with van der Waals surface area (Å²) in [6.45, 7) is 1.02. The van der Waals surface area contributed by atoms with E-state index in [1.165, 1.54) is 7.11 Å². The first-order valence-corrected chi connectivity index (χ1v) is 6.70. The number of methoxy groups -OCH3 is 1. The molecular weight excluding hydrogens is 258 g/mol. The van der Waals surface area contributed by atoms with Crippen molar-refractivity contribution in [2.75, 3.05) is 20.3 Å². The number of amides is 1. The second-order valence-corrected chi connectivity index (χ2v) is 4.83. The average Bonchev–Trinajstić information content (AvgIpc) is 3.01. The van der Waals surface area contributed by atoms with Crippen LogP contribution in [0.25, 0.3) is 0 Å². The van der Waals surface area contributed by atoms with Gasteiger partial charge in [-0.1, -0.05) is 30.3 Å². The molecule has 0 spiro atoms. The van der Waals surface area contributed by atoms with Crippen molar-refractivity contribution in [2.45, 2.75) is 18.9 Å². The zero-order chi connectivity index (χ0) is 14.4. The summed E-state index contributed by atoms with van der Waals surface area (Å²) < 4.78 is 9.95. The number of hydrogen-bond acceptors (Lipinski definition) is 4. The Morgan fingerprint density at radius 1 is 1.40 bits per heavy atom. The first-order valence-electron chi connectivity index (χ1n) is 6.70. The van der Waals surface area contributed by atoms with Crippen LogP contribution in [0.5, 0.6) is 0 Å². The van der Waals surface area contributed by atoms with Crippen LogP contribution in [0, 0.1) is 5.92 Å². The molecule has 1 aromatic rings. The SMILES string of the molecule is COC(=O)[C@H](Cc1ccccc1)NC(=O)[C@@H]1CCOC1. The van der Waals surface area contributed by atoms with Crippen LogP contribution in [0.15, 0.2) is 30.3 Å². The highest BCUT2D eigenvalue weighted by molar-refractivity contribution is 5.86. The average molecular weight is 277 g/mol. The minimum Gasteiger partial charge on any atom is -0.467 e. The molecule has 1 fully saturated rings. The molecule has 1 saturated heterocycles. The number of esters is 1. The summed E-state index contributed by atoms with van der Waals surface area (Å²) in [6.07, 6.45) is 1.12. The maximum absolute atomic E-state index is 12.1. The fourth-order valence-electron chi connectivity index (χ4n) is 2.22. The summed E-state index contributed by atoms with van der Waals surface area (Å²) in [4.78, 5) is 23.9. The Balaban J connectivity index is 2.00. The molecule has 0 aromatic heterocycles. The lowest BCUT2D eigenvalue weighted by atomic mass is 10.0. The Morgan fingerprint density at radius 2 is 2.15 bits per heavy atom. The van der Waals surface area contributed by atoms with Gasteiger partial charge >= 0.3 is 5.97 Å².